The van der Waals surface area contributed by atoms with Crippen molar-refractivity contribution in [3.63, 3.8) is 0 Å². The summed E-state index contributed by atoms with van der Waals surface area (Å²) in [4.78, 5) is 0. The molecule has 68 valence electrons. The Balaban J connectivity index is 0.00000121. The monoisotopic (exact) mass is 187 g/mol. The van der Waals surface area contributed by atoms with E-state index in [9.17, 15) is 0 Å². The predicted molar refractivity (Wildman–Crippen MR) is 52.5 cm³/mol. The lowest BCUT2D eigenvalue weighted by Crippen LogP contribution is -2.26. The standard InChI is InChI=1S/C9H13NO.ClH/c10-9(7-11)6-8-4-2-1-3-5-8;/h1-5,9,11H,6-7,10H2;1H/t9-;/m0./s1. The summed E-state index contributed by atoms with van der Waals surface area (Å²) in [5.74, 6) is 0. The van der Waals surface area contributed by atoms with Gasteiger partial charge in [-0.15, -0.1) is 12.4 Å². The van der Waals surface area contributed by atoms with Crippen molar-refractivity contribution in [1.82, 2.24) is 0 Å². The average Bonchev–Trinajstić information content (AvgIpc) is 2.06. The third kappa shape index (κ3) is 3.72. The second kappa shape index (κ2) is 6.00. The van der Waals surface area contributed by atoms with Crippen LogP contribution in [0.1, 0.15) is 5.56 Å². The Morgan fingerprint density at radius 3 is 2.33 bits per heavy atom. The Labute approximate surface area is 78.8 Å². The molecule has 0 aliphatic carbocycles. The molecule has 0 unspecified atom stereocenters. The van der Waals surface area contributed by atoms with E-state index in [4.69, 9.17) is 10.8 Å². The molecule has 0 aromatic heterocycles. The first kappa shape index (κ1) is 11.4. The number of hydrogen-bond acceptors (Lipinski definition) is 2. The number of aliphatic hydroxyl groups is 1. The van der Waals surface area contributed by atoms with Gasteiger partial charge in [-0.2, -0.15) is 0 Å². The van der Waals surface area contributed by atoms with Gasteiger partial charge in [-0.1, -0.05) is 30.3 Å². The van der Waals surface area contributed by atoms with E-state index in [1.807, 2.05) is 30.3 Å². The molecule has 1 aromatic carbocycles. The molecule has 0 bridgehead atoms. The molecule has 0 saturated carbocycles. The molecule has 3 heteroatoms. The van der Waals surface area contributed by atoms with Gasteiger partial charge in [0.15, 0.2) is 0 Å². The van der Waals surface area contributed by atoms with E-state index in [-0.39, 0.29) is 25.1 Å². The van der Waals surface area contributed by atoms with Crippen LogP contribution in [0.15, 0.2) is 30.3 Å². The van der Waals surface area contributed by atoms with E-state index in [0.717, 1.165) is 6.42 Å². The SMILES string of the molecule is Cl.N[C@H](CO)Cc1ccccc1. The minimum Gasteiger partial charge on any atom is -0.395 e. The van der Waals surface area contributed by atoms with Crippen molar-refractivity contribution in [3.8, 4) is 0 Å². The molecule has 0 radical (unpaired) electrons. The smallest absolute Gasteiger partial charge is 0.0585 e. The summed E-state index contributed by atoms with van der Waals surface area (Å²) in [6, 6.07) is 9.80. The lowest BCUT2D eigenvalue weighted by Gasteiger charge is -2.06. The second-order valence-electron chi connectivity index (χ2n) is 2.63. The van der Waals surface area contributed by atoms with Crippen molar-refractivity contribution >= 4 is 12.4 Å². The lowest BCUT2D eigenvalue weighted by molar-refractivity contribution is 0.265. The minimum absolute atomic E-state index is 0. The Morgan fingerprint density at radius 1 is 1.25 bits per heavy atom. The molecule has 0 aliphatic heterocycles. The summed E-state index contributed by atoms with van der Waals surface area (Å²) >= 11 is 0. The highest BCUT2D eigenvalue weighted by molar-refractivity contribution is 5.85. The van der Waals surface area contributed by atoms with Gasteiger partial charge in [-0.05, 0) is 12.0 Å². The third-order valence-corrected chi connectivity index (χ3v) is 1.58. The van der Waals surface area contributed by atoms with Gasteiger partial charge in [-0.3, -0.25) is 0 Å². The zero-order valence-electron chi connectivity index (χ0n) is 6.81. The van der Waals surface area contributed by atoms with Gasteiger partial charge in [0.2, 0.25) is 0 Å². The quantitative estimate of drug-likeness (QED) is 0.741. The van der Waals surface area contributed by atoms with Crippen molar-refractivity contribution in [2.24, 2.45) is 5.73 Å². The fourth-order valence-corrected chi connectivity index (χ4v) is 0.981. The molecule has 0 amide bonds. The molecule has 0 spiro atoms. The van der Waals surface area contributed by atoms with Crippen LogP contribution in [0.5, 0.6) is 0 Å². The molecule has 12 heavy (non-hydrogen) atoms. The van der Waals surface area contributed by atoms with Crippen LogP contribution in [0.3, 0.4) is 0 Å². The average molecular weight is 188 g/mol. The highest BCUT2D eigenvalue weighted by Gasteiger charge is 1.99. The molecule has 2 nitrogen and oxygen atoms in total. The van der Waals surface area contributed by atoms with Crippen molar-refractivity contribution in [3.05, 3.63) is 35.9 Å². The highest BCUT2D eigenvalue weighted by atomic mass is 35.5. The third-order valence-electron chi connectivity index (χ3n) is 1.58. The summed E-state index contributed by atoms with van der Waals surface area (Å²) in [7, 11) is 0. The Bertz CT molecular complexity index is 203. The topological polar surface area (TPSA) is 46.2 Å². The van der Waals surface area contributed by atoms with Crippen LogP contribution in [0.2, 0.25) is 0 Å². The molecular weight excluding hydrogens is 174 g/mol. The molecule has 3 N–H and O–H groups in total. The molecule has 0 fully saturated rings. The second-order valence-corrected chi connectivity index (χ2v) is 2.63. The first-order valence-electron chi connectivity index (χ1n) is 3.73. The van der Waals surface area contributed by atoms with Crippen LogP contribution in [0.25, 0.3) is 0 Å². The maximum Gasteiger partial charge on any atom is 0.0585 e. The zero-order valence-corrected chi connectivity index (χ0v) is 7.63. The Morgan fingerprint density at radius 2 is 1.83 bits per heavy atom. The number of aliphatic hydroxyl groups excluding tert-OH is 1. The van der Waals surface area contributed by atoms with Gasteiger partial charge in [0.25, 0.3) is 0 Å². The number of benzene rings is 1. The molecule has 0 heterocycles. The van der Waals surface area contributed by atoms with Gasteiger partial charge in [0, 0.05) is 6.04 Å². The summed E-state index contributed by atoms with van der Waals surface area (Å²) < 4.78 is 0. The van der Waals surface area contributed by atoms with Gasteiger partial charge >= 0.3 is 0 Å². The van der Waals surface area contributed by atoms with Crippen LogP contribution in [-0.2, 0) is 6.42 Å². The van der Waals surface area contributed by atoms with Gasteiger partial charge in [-0.25, -0.2) is 0 Å². The fourth-order valence-electron chi connectivity index (χ4n) is 0.981. The summed E-state index contributed by atoms with van der Waals surface area (Å²) in [6.45, 7) is 0.0505. The van der Waals surface area contributed by atoms with Crippen LogP contribution in [0.4, 0.5) is 0 Å². The van der Waals surface area contributed by atoms with Crippen LogP contribution >= 0.6 is 12.4 Å². The summed E-state index contributed by atoms with van der Waals surface area (Å²) in [5, 5.41) is 8.67. The summed E-state index contributed by atoms with van der Waals surface area (Å²) in [5.41, 5.74) is 6.73. The van der Waals surface area contributed by atoms with Crippen molar-refractivity contribution in [2.45, 2.75) is 12.5 Å². The van der Waals surface area contributed by atoms with Crippen LogP contribution < -0.4 is 5.73 Å². The predicted octanol–water partition coefficient (Wildman–Crippen LogP) is 0.970. The minimum atomic E-state index is -0.127. The number of hydrogen-bond donors (Lipinski definition) is 2. The van der Waals surface area contributed by atoms with E-state index < -0.39 is 0 Å². The molecule has 1 rings (SSSR count). The maximum atomic E-state index is 8.67. The maximum absolute atomic E-state index is 8.67. The van der Waals surface area contributed by atoms with E-state index in [2.05, 4.69) is 0 Å². The first-order chi connectivity index (χ1) is 5.33. The normalized spacial score (nSPS) is 11.8. The van der Waals surface area contributed by atoms with Crippen molar-refractivity contribution in [1.29, 1.82) is 0 Å². The molecular formula is C9H14ClNO. The molecule has 0 saturated heterocycles. The molecule has 1 aromatic rings. The molecule has 0 aliphatic rings. The lowest BCUT2D eigenvalue weighted by atomic mass is 10.1. The zero-order chi connectivity index (χ0) is 8.10. The van der Waals surface area contributed by atoms with Gasteiger partial charge < -0.3 is 10.8 Å². The Kier molecular flexibility index (Phi) is 5.72. The van der Waals surface area contributed by atoms with Gasteiger partial charge in [0.05, 0.1) is 6.61 Å². The van der Waals surface area contributed by atoms with E-state index in [1.165, 1.54) is 5.56 Å². The Hall–Kier alpha value is -0.570. The van der Waals surface area contributed by atoms with Crippen molar-refractivity contribution in [2.75, 3.05) is 6.61 Å². The highest BCUT2D eigenvalue weighted by Crippen LogP contribution is 2.00. The van der Waals surface area contributed by atoms with Gasteiger partial charge in [0.1, 0.15) is 0 Å². The van der Waals surface area contributed by atoms with Crippen LogP contribution in [-0.4, -0.2) is 17.8 Å². The van der Waals surface area contributed by atoms with Crippen LogP contribution in [0, 0.1) is 0 Å². The number of rotatable bonds is 3. The van der Waals surface area contributed by atoms with E-state index in [0.29, 0.717) is 0 Å². The number of halogens is 1. The fraction of sp³-hybridized carbons (Fsp3) is 0.333. The van der Waals surface area contributed by atoms with Crippen molar-refractivity contribution < 1.29 is 5.11 Å². The van der Waals surface area contributed by atoms with E-state index >= 15 is 0 Å². The first-order valence-corrected chi connectivity index (χ1v) is 3.73. The molecule has 1 atom stereocenters. The summed E-state index contributed by atoms with van der Waals surface area (Å²) in [6.07, 6.45) is 0.747. The van der Waals surface area contributed by atoms with E-state index in [1.54, 1.807) is 0 Å². The largest absolute Gasteiger partial charge is 0.395 e. The number of nitrogens with two attached hydrogens (primary N) is 1.